The Bertz CT molecular complexity index is 1020. The van der Waals surface area contributed by atoms with E-state index >= 15 is 0 Å². The molecule has 6 nitrogen and oxygen atoms in total. The molecule has 0 aliphatic carbocycles. The summed E-state index contributed by atoms with van der Waals surface area (Å²) in [5.74, 6) is 0.755. The average molecular weight is 423 g/mol. The van der Waals surface area contributed by atoms with E-state index in [1.807, 2.05) is 38.1 Å². The number of aryl methyl sites for hydroxylation is 1. The predicted octanol–water partition coefficient (Wildman–Crippen LogP) is 4.84. The van der Waals surface area contributed by atoms with Crippen molar-refractivity contribution in [2.45, 2.75) is 20.4 Å². The van der Waals surface area contributed by atoms with Crippen LogP contribution in [-0.2, 0) is 6.54 Å². The summed E-state index contributed by atoms with van der Waals surface area (Å²) in [4.78, 5) is 21.4. The van der Waals surface area contributed by atoms with Crippen LogP contribution in [0.2, 0.25) is 5.02 Å². The van der Waals surface area contributed by atoms with Crippen molar-refractivity contribution in [2.24, 2.45) is 4.99 Å². The van der Waals surface area contributed by atoms with Gasteiger partial charge in [0.05, 0.1) is 13.2 Å². The summed E-state index contributed by atoms with van der Waals surface area (Å²) in [6.45, 7) is 4.79. The smallest absolute Gasteiger partial charge is 0.257 e. The molecular weight excluding hydrogens is 400 g/mol. The monoisotopic (exact) mass is 422 g/mol. The maximum Gasteiger partial charge on any atom is 0.257 e. The molecule has 0 saturated carbocycles. The topological polar surface area (TPSA) is 75.6 Å². The SMILES string of the molecule is CCOc1ccc(C(=O)NC(=NCc2cccnc2)Nc2cc(Cl)ccc2C)cc1. The molecule has 30 heavy (non-hydrogen) atoms. The first-order valence-electron chi connectivity index (χ1n) is 9.56. The van der Waals surface area contributed by atoms with Crippen LogP contribution < -0.4 is 15.4 Å². The number of hydrogen-bond donors (Lipinski definition) is 2. The number of amides is 1. The molecule has 154 valence electrons. The molecule has 1 amide bonds. The molecule has 3 aromatic rings. The molecule has 1 aromatic heterocycles. The Hall–Kier alpha value is -3.38. The van der Waals surface area contributed by atoms with Gasteiger partial charge in [-0.05, 0) is 67.4 Å². The number of nitrogens with one attached hydrogen (secondary N) is 2. The Labute approximate surface area is 181 Å². The van der Waals surface area contributed by atoms with E-state index in [1.54, 1.807) is 42.7 Å². The molecule has 0 spiro atoms. The molecule has 0 radical (unpaired) electrons. The van der Waals surface area contributed by atoms with E-state index in [4.69, 9.17) is 16.3 Å². The summed E-state index contributed by atoms with van der Waals surface area (Å²) in [7, 11) is 0. The molecule has 0 aliphatic rings. The van der Waals surface area contributed by atoms with E-state index in [1.165, 1.54) is 0 Å². The van der Waals surface area contributed by atoms with Gasteiger partial charge in [-0.15, -0.1) is 0 Å². The number of nitrogens with zero attached hydrogens (tertiary/aromatic N) is 2. The van der Waals surface area contributed by atoms with Crippen LogP contribution in [-0.4, -0.2) is 23.5 Å². The number of aliphatic imine (C=N–C) groups is 1. The van der Waals surface area contributed by atoms with Crippen LogP contribution in [0.15, 0.2) is 72.0 Å². The van der Waals surface area contributed by atoms with E-state index in [2.05, 4.69) is 20.6 Å². The molecule has 0 bridgehead atoms. The largest absolute Gasteiger partial charge is 0.494 e. The number of ether oxygens (including phenoxy) is 1. The first-order chi connectivity index (χ1) is 14.5. The standard InChI is InChI=1S/C23H23ClN4O2/c1-3-30-20-10-7-18(8-11-20)22(29)28-23(26-15-17-5-4-12-25-14-17)27-21-13-19(24)9-6-16(21)2/h4-14H,3,15H2,1-2H3,(H2,26,27,28,29). The van der Waals surface area contributed by atoms with Crippen molar-refractivity contribution in [3.8, 4) is 5.75 Å². The van der Waals surface area contributed by atoms with Crippen molar-refractivity contribution in [1.82, 2.24) is 10.3 Å². The minimum Gasteiger partial charge on any atom is -0.494 e. The highest BCUT2D eigenvalue weighted by Crippen LogP contribution is 2.20. The molecule has 0 fully saturated rings. The Morgan fingerprint density at radius 2 is 1.97 bits per heavy atom. The first-order valence-corrected chi connectivity index (χ1v) is 9.93. The highest BCUT2D eigenvalue weighted by atomic mass is 35.5. The van der Waals surface area contributed by atoms with Crippen LogP contribution in [0.25, 0.3) is 0 Å². The fourth-order valence-electron chi connectivity index (χ4n) is 2.68. The summed E-state index contributed by atoms with van der Waals surface area (Å²) in [5, 5.41) is 6.62. The molecular formula is C23H23ClN4O2. The summed E-state index contributed by atoms with van der Waals surface area (Å²) >= 11 is 6.13. The number of guanidine groups is 1. The molecule has 7 heteroatoms. The van der Waals surface area contributed by atoms with Gasteiger partial charge in [0.25, 0.3) is 5.91 Å². The second-order valence-electron chi connectivity index (χ2n) is 6.52. The normalized spacial score (nSPS) is 11.1. The van der Waals surface area contributed by atoms with Gasteiger partial charge in [-0.25, -0.2) is 4.99 Å². The molecule has 2 aromatic carbocycles. The third kappa shape index (κ3) is 6.06. The lowest BCUT2D eigenvalue weighted by Crippen LogP contribution is -2.36. The second-order valence-corrected chi connectivity index (χ2v) is 6.96. The van der Waals surface area contributed by atoms with Crippen molar-refractivity contribution < 1.29 is 9.53 Å². The molecule has 0 saturated heterocycles. The average Bonchev–Trinajstić information content (AvgIpc) is 2.76. The maximum absolute atomic E-state index is 12.8. The lowest BCUT2D eigenvalue weighted by molar-refractivity contribution is 0.0977. The summed E-state index contributed by atoms with van der Waals surface area (Å²) < 4.78 is 5.43. The van der Waals surface area contributed by atoms with Crippen LogP contribution >= 0.6 is 11.6 Å². The summed E-state index contributed by atoms with van der Waals surface area (Å²) in [6, 6.07) is 16.2. The zero-order chi connectivity index (χ0) is 21.3. The Balaban J connectivity index is 1.80. The number of pyridine rings is 1. The second kappa shape index (κ2) is 10.4. The van der Waals surface area contributed by atoms with Crippen LogP contribution in [0.3, 0.4) is 0 Å². The van der Waals surface area contributed by atoms with Gasteiger partial charge in [-0.3, -0.25) is 15.1 Å². The fourth-order valence-corrected chi connectivity index (χ4v) is 2.85. The van der Waals surface area contributed by atoms with Crippen LogP contribution in [0.4, 0.5) is 5.69 Å². The number of hydrogen-bond acceptors (Lipinski definition) is 4. The highest BCUT2D eigenvalue weighted by molar-refractivity contribution is 6.31. The van der Waals surface area contributed by atoms with E-state index < -0.39 is 0 Å². The number of rotatable bonds is 6. The van der Waals surface area contributed by atoms with Crippen molar-refractivity contribution >= 4 is 29.2 Å². The number of carbonyl (C=O) groups excluding carboxylic acids is 1. The number of carbonyl (C=O) groups is 1. The summed E-state index contributed by atoms with van der Waals surface area (Å²) in [6.07, 6.45) is 3.44. The Kier molecular flexibility index (Phi) is 7.40. The van der Waals surface area contributed by atoms with E-state index in [0.717, 1.165) is 16.8 Å². The zero-order valence-electron chi connectivity index (χ0n) is 16.9. The first kappa shape index (κ1) is 21.3. The van der Waals surface area contributed by atoms with Crippen molar-refractivity contribution in [3.05, 3.63) is 88.7 Å². The van der Waals surface area contributed by atoms with Gasteiger partial charge >= 0.3 is 0 Å². The third-order valence-corrected chi connectivity index (χ3v) is 4.49. The minimum atomic E-state index is -0.282. The molecule has 0 atom stereocenters. The minimum absolute atomic E-state index is 0.282. The fraction of sp³-hybridized carbons (Fsp3) is 0.174. The lowest BCUT2D eigenvalue weighted by Gasteiger charge is -2.14. The predicted molar refractivity (Wildman–Crippen MR) is 120 cm³/mol. The molecule has 3 rings (SSSR count). The number of anilines is 1. The van der Waals surface area contributed by atoms with Gasteiger partial charge in [0.2, 0.25) is 5.96 Å². The number of halogens is 1. The Morgan fingerprint density at radius 1 is 1.17 bits per heavy atom. The van der Waals surface area contributed by atoms with Gasteiger partial charge in [0, 0.05) is 28.7 Å². The molecule has 0 aliphatic heterocycles. The van der Waals surface area contributed by atoms with Crippen LogP contribution in [0.1, 0.15) is 28.4 Å². The van der Waals surface area contributed by atoms with Crippen molar-refractivity contribution in [2.75, 3.05) is 11.9 Å². The van der Waals surface area contributed by atoms with E-state index in [0.29, 0.717) is 35.4 Å². The van der Waals surface area contributed by atoms with Gasteiger partial charge < -0.3 is 10.1 Å². The summed E-state index contributed by atoms with van der Waals surface area (Å²) in [5.41, 5.74) is 3.16. The lowest BCUT2D eigenvalue weighted by atomic mass is 10.2. The highest BCUT2D eigenvalue weighted by Gasteiger charge is 2.11. The van der Waals surface area contributed by atoms with Crippen molar-refractivity contribution in [1.29, 1.82) is 0 Å². The van der Waals surface area contributed by atoms with Crippen molar-refractivity contribution in [3.63, 3.8) is 0 Å². The number of aromatic nitrogens is 1. The quantitative estimate of drug-likeness (QED) is 0.440. The van der Waals surface area contributed by atoms with Gasteiger partial charge in [0.15, 0.2) is 0 Å². The maximum atomic E-state index is 12.8. The zero-order valence-corrected chi connectivity index (χ0v) is 17.6. The van der Waals surface area contributed by atoms with Gasteiger partial charge in [-0.1, -0.05) is 23.7 Å². The van der Waals surface area contributed by atoms with Gasteiger partial charge in [0.1, 0.15) is 5.75 Å². The van der Waals surface area contributed by atoms with Crippen LogP contribution in [0.5, 0.6) is 5.75 Å². The van der Waals surface area contributed by atoms with E-state index in [-0.39, 0.29) is 5.91 Å². The number of benzene rings is 2. The molecule has 0 unspecified atom stereocenters. The molecule has 2 N–H and O–H groups in total. The van der Waals surface area contributed by atoms with Gasteiger partial charge in [-0.2, -0.15) is 0 Å². The third-order valence-electron chi connectivity index (χ3n) is 4.25. The van der Waals surface area contributed by atoms with Crippen LogP contribution in [0, 0.1) is 6.92 Å². The van der Waals surface area contributed by atoms with E-state index in [9.17, 15) is 4.79 Å². The molecule has 1 heterocycles. The Morgan fingerprint density at radius 3 is 2.67 bits per heavy atom.